The zero-order valence-electron chi connectivity index (χ0n) is 16.8. The Balaban J connectivity index is 1.46. The van der Waals surface area contributed by atoms with E-state index in [2.05, 4.69) is 46.1 Å². The third-order valence-electron chi connectivity index (χ3n) is 5.74. The van der Waals surface area contributed by atoms with Crippen LogP contribution in [0, 0.1) is 6.92 Å². The van der Waals surface area contributed by atoms with Gasteiger partial charge in [0.15, 0.2) is 11.9 Å². The van der Waals surface area contributed by atoms with Crippen LogP contribution in [-0.2, 0) is 10.5 Å². The summed E-state index contributed by atoms with van der Waals surface area (Å²) < 4.78 is 7.20. The van der Waals surface area contributed by atoms with Crippen molar-refractivity contribution >= 4 is 33.7 Å². The molecule has 5 rings (SSSR count). The molecule has 1 saturated heterocycles. The largest absolute Gasteiger partial charge is 0.394 e. The van der Waals surface area contributed by atoms with E-state index >= 15 is 0 Å². The summed E-state index contributed by atoms with van der Waals surface area (Å²) in [5.41, 5.74) is 3.57. The lowest BCUT2D eigenvalue weighted by Crippen LogP contribution is -2.33. The fourth-order valence-electron chi connectivity index (χ4n) is 4.01. The topological polar surface area (TPSA) is 114 Å². The van der Waals surface area contributed by atoms with Crippen LogP contribution < -0.4 is 0 Å². The van der Waals surface area contributed by atoms with E-state index < -0.39 is 24.5 Å². The number of fused-ring (bicyclic) bond motifs is 2. The van der Waals surface area contributed by atoms with Crippen LogP contribution in [0.25, 0.3) is 21.9 Å². The number of aliphatic hydroxyl groups is 3. The van der Waals surface area contributed by atoms with Gasteiger partial charge in [0.05, 0.1) is 12.9 Å². The molecule has 1 fully saturated rings. The van der Waals surface area contributed by atoms with Gasteiger partial charge in [0.25, 0.3) is 0 Å². The quantitative estimate of drug-likeness (QED) is 0.321. The molecule has 2 aromatic carbocycles. The van der Waals surface area contributed by atoms with Crippen molar-refractivity contribution in [1.29, 1.82) is 0 Å². The van der Waals surface area contributed by atoms with Gasteiger partial charge >= 0.3 is 0 Å². The summed E-state index contributed by atoms with van der Waals surface area (Å²) in [5, 5.41) is 32.9. The standard InChI is InChI=1S/C22H22N4O4S/c1-12-6-7-13-4-2-3-5-14(13)15(12)9-31-21-17-20(23-10-24-21)26(11-25-17)22-19(29)18(28)16(8-27)30-22/h2-7,10-11,16,18-19,22,27-29H,8-9H2,1H3/t16-,18+,19-,22+/m0/s1. The Labute approximate surface area is 182 Å². The zero-order chi connectivity index (χ0) is 21.5. The van der Waals surface area contributed by atoms with E-state index in [1.807, 2.05) is 12.1 Å². The van der Waals surface area contributed by atoms with E-state index in [1.54, 1.807) is 16.3 Å². The Morgan fingerprint density at radius 2 is 1.90 bits per heavy atom. The number of thioether (sulfide) groups is 1. The second kappa shape index (κ2) is 8.18. The summed E-state index contributed by atoms with van der Waals surface area (Å²) in [4.78, 5) is 13.2. The van der Waals surface area contributed by atoms with Crippen LogP contribution >= 0.6 is 11.8 Å². The highest BCUT2D eigenvalue weighted by molar-refractivity contribution is 7.98. The molecule has 1 aliphatic heterocycles. The summed E-state index contributed by atoms with van der Waals surface area (Å²) in [7, 11) is 0. The molecule has 0 saturated carbocycles. The molecule has 3 heterocycles. The molecule has 0 amide bonds. The molecular weight excluding hydrogens is 416 g/mol. The van der Waals surface area contributed by atoms with Crippen LogP contribution in [0.2, 0.25) is 0 Å². The van der Waals surface area contributed by atoms with E-state index in [1.165, 1.54) is 34.6 Å². The lowest BCUT2D eigenvalue weighted by atomic mass is 10.0. The predicted molar refractivity (Wildman–Crippen MR) is 117 cm³/mol. The molecule has 0 unspecified atom stereocenters. The van der Waals surface area contributed by atoms with Crippen molar-refractivity contribution in [3.63, 3.8) is 0 Å². The van der Waals surface area contributed by atoms with Crippen LogP contribution in [0.3, 0.4) is 0 Å². The fraction of sp³-hybridized carbons (Fsp3) is 0.318. The van der Waals surface area contributed by atoms with Crippen molar-refractivity contribution in [2.24, 2.45) is 0 Å². The molecule has 0 radical (unpaired) electrons. The van der Waals surface area contributed by atoms with Gasteiger partial charge in [-0.05, 0) is 28.8 Å². The molecule has 4 aromatic rings. The molecule has 9 heteroatoms. The predicted octanol–water partition coefficient (Wildman–Crippen LogP) is 2.19. The third kappa shape index (κ3) is 3.48. The fourth-order valence-corrected chi connectivity index (χ4v) is 5.08. The normalized spacial score (nSPS) is 23.7. The first-order valence-corrected chi connectivity index (χ1v) is 11.0. The van der Waals surface area contributed by atoms with Gasteiger partial charge < -0.3 is 20.1 Å². The van der Waals surface area contributed by atoms with Crippen LogP contribution in [0.15, 0.2) is 54.1 Å². The smallest absolute Gasteiger partial charge is 0.166 e. The van der Waals surface area contributed by atoms with E-state index in [0.717, 1.165) is 10.8 Å². The minimum atomic E-state index is -1.20. The van der Waals surface area contributed by atoms with E-state index in [-0.39, 0.29) is 6.61 Å². The number of hydrogen-bond acceptors (Lipinski definition) is 8. The first kappa shape index (κ1) is 20.3. The lowest BCUT2D eigenvalue weighted by Gasteiger charge is -2.16. The van der Waals surface area contributed by atoms with Crippen molar-refractivity contribution in [1.82, 2.24) is 19.5 Å². The first-order valence-electron chi connectivity index (χ1n) is 9.98. The van der Waals surface area contributed by atoms with Crippen molar-refractivity contribution < 1.29 is 20.1 Å². The first-order chi connectivity index (χ1) is 15.1. The molecule has 160 valence electrons. The Hall–Kier alpha value is -2.56. The SMILES string of the molecule is Cc1ccc2ccccc2c1CSc1ncnc2c1ncn2[C@@H]1O[C@@H](CO)[C@@H](O)[C@@H]1O. The van der Waals surface area contributed by atoms with Crippen molar-refractivity contribution in [3.05, 3.63) is 60.2 Å². The summed E-state index contributed by atoms with van der Waals surface area (Å²) in [6, 6.07) is 12.6. The van der Waals surface area contributed by atoms with Crippen molar-refractivity contribution in [3.8, 4) is 0 Å². The molecule has 3 N–H and O–H groups in total. The number of rotatable bonds is 5. The van der Waals surface area contributed by atoms with Gasteiger partial charge in [0, 0.05) is 5.75 Å². The number of ether oxygens (including phenoxy) is 1. The van der Waals surface area contributed by atoms with Crippen molar-refractivity contribution in [2.45, 2.75) is 42.2 Å². The monoisotopic (exact) mass is 438 g/mol. The highest BCUT2D eigenvalue weighted by Gasteiger charge is 2.44. The Morgan fingerprint density at radius 1 is 1.06 bits per heavy atom. The maximum Gasteiger partial charge on any atom is 0.166 e. The van der Waals surface area contributed by atoms with Gasteiger partial charge in [-0.3, -0.25) is 4.57 Å². The molecule has 1 aliphatic rings. The van der Waals surface area contributed by atoms with Crippen molar-refractivity contribution in [2.75, 3.05) is 6.61 Å². The third-order valence-corrected chi connectivity index (χ3v) is 6.75. The van der Waals surface area contributed by atoms with Crippen LogP contribution in [0.1, 0.15) is 17.4 Å². The number of nitrogens with zero attached hydrogens (tertiary/aromatic N) is 4. The molecule has 4 atom stereocenters. The molecule has 0 aliphatic carbocycles. The number of hydrogen-bond donors (Lipinski definition) is 3. The molecule has 0 bridgehead atoms. The number of benzene rings is 2. The van der Waals surface area contributed by atoms with Crippen LogP contribution in [0.4, 0.5) is 0 Å². The number of imidazole rings is 1. The minimum Gasteiger partial charge on any atom is -0.394 e. The maximum absolute atomic E-state index is 10.4. The summed E-state index contributed by atoms with van der Waals surface area (Å²) in [6.45, 7) is 1.72. The van der Waals surface area contributed by atoms with Gasteiger partial charge in [-0.1, -0.05) is 48.2 Å². The second-order valence-electron chi connectivity index (χ2n) is 7.60. The highest BCUT2D eigenvalue weighted by atomic mass is 32.2. The molecular formula is C22H22N4O4S. The van der Waals surface area contributed by atoms with Gasteiger partial charge in [-0.2, -0.15) is 0 Å². The van der Waals surface area contributed by atoms with Gasteiger partial charge in [-0.25, -0.2) is 15.0 Å². The molecule has 8 nitrogen and oxygen atoms in total. The van der Waals surface area contributed by atoms with E-state index in [0.29, 0.717) is 11.2 Å². The summed E-state index contributed by atoms with van der Waals surface area (Å²) in [6.07, 6.45) is -1.14. The average molecular weight is 439 g/mol. The van der Waals surface area contributed by atoms with Crippen LogP contribution in [-0.4, -0.2) is 59.8 Å². The number of aryl methyl sites for hydroxylation is 1. The summed E-state index contributed by atoms with van der Waals surface area (Å²) >= 11 is 1.57. The Morgan fingerprint density at radius 3 is 2.71 bits per heavy atom. The number of aliphatic hydroxyl groups excluding tert-OH is 3. The summed E-state index contributed by atoms with van der Waals surface area (Å²) in [5.74, 6) is 0.722. The minimum absolute atomic E-state index is 0.387. The average Bonchev–Trinajstić information content (AvgIpc) is 3.34. The molecule has 31 heavy (non-hydrogen) atoms. The highest BCUT2D eigenvalue weighted by Crippen LogP contribution is 2.34. The maximum atomic E-state index is 10.4. The van der Waals surface area contributed by atoms with Gasteiger partial charge in [0.2, 0.25) is 0 Å². The van der Waals surface area contributed by atoms with E-state index in [9.17, 15) is 15.3 Å². The Bertz CT molecular complexity index is 1250. The zero-order valence-corrected chi connectivity index (χ0v) is 17.6. The van der Waals surface area contributed by atoms with Crippen LogP contribution in [0.5, 0.6) is 0 Å². The lowest BCUT2D eigenvalue weighted by molar-refractivity contribution is -0.0511. The Kier molecular flexibility index (Phi) is 5.37. The second-order valence-corrected chi connectivity index (χ2v) is 8.57. The van der Waals surface area contributed by atoms with Gasteiger partial charge in [0.1, 0.15) is 35.2 Å². The molecule has 0 spiro atoms. The number of aromatic nitrogens is 4. The van der Waals surface area contributed by atoms with E-state index in [4.69, 9.17) is 4.74 Å². The van der Waals surface area contributed by atoms with Gasteiger partial charge in [-0.15, -0.1) is 0 Å². The molecule has 2 aromatic heterocycles.